The average Bonchev–Trinajstić information content (AvgIpc) is 3.07. The summed E-state index contributed by atoms with van der Waals surface area (Å²) < 4.78 is 46.7. The number of aliphatic hydroxyl groups excluding tert-OH is 1. The third kappa shape index (κ3) is 4.66. The predicted molar refractivity (Wildman–Crippen MR) is 109 cm³/mol. The maximum atomic E-state index is 14.0. The van der Waals surface area contributed by atoms with E-state index in [-0.39, 0.29) is 34.3 Å². The maximum absolute atomic E-state index is 14.0. The highest BCUT2D eigenvalue weighted by molar-refractivity contribution is 7.89. The third-order valence-electron chi connectivity index (χ3n) is 5.14. The lowest BCUT2D eigenvalue weighted by atomic mass is 9.90. The van der Waals surface area contributed by atoms with Gasteiger partial charge in [-0.2, -0.15) is 9.57 Å². The molecule has 1 aromatic heterocycles. The Morgan fingerprint density at radius 1 is 1.45 bits per heavy atom. The first-order valence-corrected chi connectivity index (χ1v) is 11.3. The lowest BCUT2D eigenvalue weighted by Gasteiger charge is -2.33. The normalized spacial score (nSPS) is 22.8. The molecule has 1 aliphatic heterocycles. The van der Waals surface area contributed by atoms with Crippen molar-refractivity contribution < 1.29 is 27.8 Å². The van der Waals surface area contributed by atoms with Gasteiger partial charge in [0.05, 0.1) is 23.2 Å². The van der Waals surface area contributed by atoms with E-state index >= 15 is 0 Å². The summed E-state index contributed by atoms with van der Waals surface area (Å²) in [5.74, 6) is -0.821. The molecule has 0 spiro atoms. The first-order chi connectivity index (χ1) is 14.6. The van der Waals surface area contributed by atoms with Crippen molar-refractivity contribution in [1.82, 2.24) is 9.29 Å². The molecule has 31 heavy (non-hydrogen) atoms. The molecule has 8 nitrogen and oxygen atoms in total. The molecule has 0 unspecified atom stereocenters. The Morgan fingerprint density at radius 2 is 2.19 bits per heavy atom. The van der Waals surface area contributed by atoms with Crippen molar-refractivity contribution in [3.05, 3.63) is 52.9 Å². The van der Waals surface area contributed by atoms with Crippen LogP contribution in [0.15, 0.2) is 41.6 Å². The first kappa shape index (κ1) is 23.4. The Hall–Kier alpha value is -2.29. The van der Waals surface area contributed by atoms with Gasteiger partial charge in [-0.1, -0.05) is 24.9 Å². The van der Waals surface area contributed by atoms with E-state index in [1.807, 2.05) is 0 Å². The zero-order valence-corrected chi connectivity index (χ0v) is 18.1. The number of aromatic nitrogens is 1. The minimum Gasteiger partial charge on any atom is -0.486 e. The van der Waals surface area contributed by atoms with Gasteiger partial charge in [-0.25, -0.2) is 17.8 Å². The van der Waals surface area contributed by atoms with Crippen LogP contribution < -0.4 is 4.74 Å². The van der Waals surface area contributed by atoms with Gasteiger partial charge < -0.3 is 14.9 Å². The number of nitrogens with zero attached hydrogens (tertiary/aromatic N) is 3. The molecular formula is C20H21ClFN3O5S. The number of hydrogen-bond donors (Lipinski definition) is 2. The van der Waals surface area contributed by atoms with Crippen LogP contribution in [0, 0.1) is 17.1 Å². The molecule has 2 heterocycles. The third-order valence-corrected chi connectivity index (χ3v) is 7.09. The summed E-state index contributed by atoms with van der Waals surface area (Å²) in [4.78, 5) is 3.84. The smallest absolute Gasteiger partial charge is 0.260 e. The van der Waals surface area contributed by atoms with E-state index in [4.69, 9.17) is 21.6 Å². The fourth-order valence-corrected chi connectivity index (χ4v) is 4.94. The van der Waals surface area contributed by atoms with Crippen molar-refractivity contribution in [2.45, 2.75) is 42.6 Å². The van der Waals surface area contributed by atoms with Crippen molar-refractivity contribution in [2.75, 3.05) is 13.1 Å². The monoisotopic (exact) mass is 469 g/mol. The summed E-state index contributed by atoms with van der Waals surface area (Å²) in [5, 5.41) is 30.7. The van der Waals surface area contributed by atoms with Crippen LogP contribution in [0.1, 0.15) is 25.3 Å². The minimum absolute atomic E-state index is 0.00695. The Kier molecular flexibility index (Phi) is 6.83. The summed E-state index contributed by atoms with van der Waals surface area (Å²) in [6.45, 7) is 1.06. The van der Waals surface area contributed by atoms with Crippen LogP contribution in [0.25, 0.3) is 0 Å². The molecule has 1 saturated heterocycles. The first-order valence-electron chi connectivity index (χ1n) is 9.50. The molecule has 3 rings (SSSR count). The number of β-amino-alcohol motifs (C(OH)–C–C–N with tert-alkyl or cyclic N) is 1. The van der Waals surface area contributed by atoms with E-state index in [0.717, 1.165) is 10.4 Å². The molecule has 2 N–H and O–H groups in total. The van der Waals surface area contributed by atoms with Gasteiger partial charge in [0.15, 0.2) is 5.03 Å². The van der Waals surface area contributed by atoms with E-state index in [2.05, 4.69) is 4.98 Å². The van der Waals surface area contributed by atoms with Crippen LogP contribution in [-0.2, 0) is 10.0 Å². The Morgan fingerprint density at radius 3 is 2.77 bits per heavy atom. The summed E-state index contributed by atoms with van der Waals surface area (Å²) in [7, 11) is -4.12. The van der Waals surface area contributed by atoms with Crippen LogP contribution in [0.3, 0.4) is 0 Å². The number of halogens is 2. The van der Waals surface area contributed by atoms with Gasteiger partial charge in [0.25, 0.3) is 10.0 Å². The van der Waals surface area contributed by atoms with Crippen LogP contribution in [0.5, 0.6) is 5.75 Å². The SMILES string of the molecule is CCC[C@@H](O)[C@]1(O)CN(S(=O)(=O)c2ccc(Cl)cn2)C[C@@H]1Oc1ccc(C#N)c(F)c1. The Labute approximate surface area is 184 Å². The van der Waals surface area contributed by atoms with E-state index in [1.165, 1.54) is 30.5 Å². The summed E-state index contributed by atoms with van der Waals surface area (Å²) in [5.41, 5.74) is -2.13. The zero-order valence-electron chi connectivity index (χ0n) is 16.6. The highest BCUT2D eigenvalue weighted by Gasteiger charge is 2.55. The van der Waals surface area contributed by atoms with Crippen molar-refractivity contribution in [1.29, 1.82) is 5.26 Å². The fraction of sp³-hybridized carbons (Fsp3) is 0.400. The number of benzene rings is 1. The lowest BCUT2D eigenvalue weighted by Crippen LogP contribution is -2.54. The van der Waals surface area contributed by atoms with E-state index in [1.54, 1.807) is 13.0 Å². The lowest BCUT2D eigenvalue weighted by molar-refractivity contribution is -0.114. The van der Waals surface area contributed by atoms with Crippen LogP contribution in [-0.4, -0.2) is 58.8 Å². The number of hydrogen-bond acceptors (Lipinski definition) is 7. The van der Waals surface area contributed by atoms with Gasteiger partial charge in [-0.05, 0) is 30.7 Å². The standard InChI is InChI=1S/C20H21ClFN3O5S/c1-2-3-17(26)20(27)12-25(31(28,29)19-7-5-14(21)10-24-19)11-18(20)30-15-6-4-13(9-23)16(22)8-15/h4-8,10,17-18,26-27H,2-3,11-12H2,1H3/t17-,18+,20-/m1/s1. The van der Waals surface area contributed by atoms with Crippen molar-refractivity contribution in [3.63, 3.8) is 0 Å². The highest BCUT2D eigenvalue weighted by atomic mass is 35.5. The van der Waals surface area contributed by atoms with Crippen molar-refractivity contribution >= 4 is 21.6 Å². The quantitative estimate of drug-likeness (QED) is 0.636. The second-order valence-corrected chi connectivity index (χ2v) is 9.59. The molecule has 0 radical (unpaired) electrons. The van der Waals surface area contributed by atoms with E-state index in [9.17, 15) is 23.0 Å². The number of pyridine rings is 1. The number of ether oxygens (including phenoxy) is 1. The number of sulfonamides is 1. The maximum Gasteiger partial charge on any atom is 0.260 e. The molecular weight excluding hydrogens is 449 g/mol. The molecule has 11 heteroatoms. The van der Waals surface area contributed by atoms with Gasteiger partial charge in [0.1, 0.15) is 29.3 Å². The average molecular weight is 470 g/mol. The molecule has 1 aromatic carbocycles. The van der Waals surface area contributed by atoms with E-state index in [0.29, 0.717) is 6.42 Å². The predicted octanol–water partition coefficient (Wildman–Crippen LogP) is 2.09. The van der Waals surface area contributed by atoms with Gasteiger partial charge in [-0.15, -0.1) is 0 Å². The van der Waals surface area contributed by atoms with Crippen LogP contribution in [0.2, 0.25) is 5.02 Å². The number of nitriles is 1. The summed E-state index contributed by atoms with van der Waals surface area (Å²) >= 11 is 5.78. The van der Waals surface area contributed by atoms with Gasteiger partial charge in [-0.3, -0.25) is 0 Å². The molecule has 0 aliphatic carbocycles. The number of aliphatic hydroxyl groups is 2. The molecule has 0 amide bonds. The van der Waals surface area contributed by atoms with Gasteiger partial charge in [0.2, 0.25) is 0 Å². The molecule has 0 bridgehead atoms. The largest absolute Gasteiger partial charge is 0.486 e. The second kappa shape index (κ2) is 9.06. The molecule has 3 atom stereocenters. The van der Waals surface area contributed by atoms with E-state index < -0.39 is 40.2 Å². The Bertz CT molecular complexity index is 1090. The van der Waals surface area contributed by atoms with Crippen molar-refractivity contribution in [3.8, 4) is 11.8 Å². The van der Waals surface area contributed by atoms with Gasteiger partial charge >= 0.3 is 0 Å². The summed E-state index contributed by atoms with van der Waals surface area (Å²) in [6.07, 6.45) is -0.554. The number of rotatable bonds is 7. The molecule has 1 fully saturated rings. The topological polar surface area (TPSA) is 124 Å². The van der Waals surface area contributed by atoms with Crippen molar-refractivity contribution in [2.24, 2.45) is 0 Å². The summed E-state index contributed by atoms with van der Waals surface area (Å²) in [6, 6.07) is 7.84. The fourth-order valence-electron chi connectivity index (χ4n) is 3.43. The zero-order chi connectivity index (χ0) is 22.8. The molecule has 0 saturated carbocycles. The second-order valence-electron chi connectivity index (χ2n) is 7.27. The van der Waals surface area contributed by atoms with Gasteiger partial charge in [0, 0.05) is 18.8 Å². The Balaban J connectivity index is 1.93. The highest BCUT2D eigenvalue weighted by Crippen LogP contribution is 2.34. The molecule has 2 aromatic rings. The van der Waals surface area contributed by atoms with Crippen LogP contribution >= 0.6 is 11.6 Å². The molecule has 166 valence electrons. The molecule has 1 aliphatic rings. The minimum atomic E-state index is -4.12. The van der Waals surface area contributed by atoms with Crippen LogP contribution in [0.4, 0.5) is 4.39 Å².